The Balaban J connectivity index is 1.78. The molecule has 0 radical (unpaired) electrons. The number of imide groups is 1. The lowest BCUT2D eigenvalue weighted by Crippen LogP contribution is -2.39. The summed E-state index contributed by atoms with van der Waals surface area (Å²) in [4.78, 5) is 38.8. The van der Waals surface area contributed by atoms with Gasteiger partial charge in [0.25, 0.3) is 0 Å². The predicted octanol–water partition coefficient (Wildman–Crippen LogP) is 1.23. The molecule has 22 heavy (non-hydrogen) atoms. The lowest BCUT2D eigenvalue weighted by atomic mass is 10.1. The third-order valence-electron chi connectivity index (χ3n) is 4.19. The minimum absolute atomic E-state index is 0.0109. The molecule has 3 amide bonds. The van der Waals surface area contributed by atoms with Crippen molar-refractivity contribution < 1.29 is 14.4 Å². The van der Waals surface area contributed by atoms with Crippen molar-refractivity contribution in [1.29, 1.82) is 0 Å². The molecule has 0 aliphatic carbocycles. The van der Waals surface area contributed by atoms with Crippen molar-refractivity contribution in [2.75, 3.05) is 29.9 Å². The van der Waals surface area contributed by atoms with E-state index in [1.165, 1.54) is 4.90 Å². The van der Waals surface area contributed by atoms with Crippen molar-refractivity contribution in [3.05, 3.63) is 24.3 Å². The van der Waals surface area contributed by atoms with E-state index in [4.69, 9.17) is 0 Å². The van der Waals surface area contributed by atoms with Crippen LogP contribution in [0.3, 0.4) is 0 Å². The first-order valence-corrected chi connectivity index (χ1v) is 7.54. The molecule has 2 heterocycles. The Hall–Kier alpha value is -2.37. The van der Waals surface area contributed by atoms with Crippen molar-refractivity contribution >= 4 is 29.1 Å². The fraction of sp³-hybridized carbons (Fsp3) is 0.438. The summed E-state index contributed by atoms with van der Waals surface area (Å²) in [5, 5.41) is 2.92. The first kappa shape index (κ1) is 14.6. The highest BCUT2D eigenvalue weighted by atomic mass is 16.2. The van der Waals surface area contributed by atoms with Crippen molar-refractivity contribution in [2.45, 2.75) is 19.8 Å². The maximum atomic E-state index is 12.0. The second kappa shape index (κ2) is 5.79. The van der Waals surface area contributed by atoms with Crippen LogP contribution in [0.4, 0.5) is 11.4 Å². The molecular formula is C16H19N3O3. The number of nitrogens with one attached hydrogen (secondary N) is 1. The van der Waals surface area contributed by atoms with Gasteiger partial charge < -0.3 is 10.2 Å². The summed E-state index contributed by atoms with van der Waals surface area (Å²) in [6.45, 7) is 3.35. The maximum Gasteiger partial charge on any atom is 0.229 e. The van der Waals surface area contributed by atoms with Crippen molar-refractivity contribution in [1.82, 2.24) is 4.90 Å². The highest BCUT2D eigenvalue weighted by Gasteiger charge is 2.30. The fourth-order valence-electron chi connectivity index (χ4n) is 2.93. The van der Waals surface area contributed by atoms with Gasteiger partial charge in [-0.3, -0.25) is 19.3 Å². The molecule has 3 rings (SSSR count). The van der Waals surface area contributed by atoms with E-state index in [9.17, 15) is 14.4 Å². The molecule has 2 aliphatic heterocycles. The highest BCUT2D eigenvalue weighted by Crippen LogP contribution is 2.29. The maximum absolute atomic E-state index is 12.0. The highest BCUT2D eigenvalue weighted by molar-refractivity contribution is 6.02. The molecule has 6 nitrogen and oxygen atoms in total. The molecule has 1 aromatic carbocycles. The van der Waals surface area contributed by atoms with E-state index in [1.54, 1.807) is 0 Å². The number of carbonyl (C=O) groups is 3. The van der Waals surface area contributed by atoms with Gasteiger partial charge in [-0.1, -0.05) is 19.1 Å². The van der Waals surface area contributed by atoms with Crippen LogP contribution in [-0.4, -0.2) is 42.3 Å². The molecule has 116 valence electrons. The van der Waals surface area contributed by atoms with E-state index < -0.39 is 0 Å². The van der Waals surface area contributed by atoms with E-state index in [-0.39, 0.29) is 23.6 Å². The van der Waals surface area contributed by atoms with Crippen LogP contribution in [0.25, 0.3) is 0 Å². The van der Waals surface area contributed by atoms with Gasteiger partial charge in [-0.05, 0) is 12.1 Å². The predicted molar refractivity (Wildman–Crippen MR) is 82.4 cm³/mol. The second-order valence-corrected chi connectivity index (χ2v) is 5.79. The Morgan fingerprint density at radius 1 is 1.09 bits per heavy atom. The van der Waals surface area contributed by atoms with Crippen LogP contribution < -0.4 is 10.2 Å². The number of benzene rings is 1. The summed E-state index contributed by atoms with van der Waals surface area (Å²) in [7, 11) is 0. The summed E-state index contributed by atoms with van der Waals surface area (Å²) >= 11 is 0. The van der Waals surface area contributed by atoms with Crippen LogP contribution >= 0.6 is 0 Å². The van der Waals surface area contributed by atoms with Gasteiger partial charge in [0.1, 0.15) is 0 Å². The number of fused-ring (bicyclic) bond motifs is 1. The largest absolute Gasteiger partial charge is 0.367 e. The molecule has 0 bridgehead atoms. The first-order chi connectivity index (χ1) is 10.6. The molecule has 2 aliphatic rings. The number of likely N-dealkylation sites (tertiary alicyclic amines) is 1. The second-order valence-electron chi connectivity index (χ2n) is 5.79. The lowest BCUT2D eigenvalue weighted by molar-refractivity contribution is -0.138. The van der Waals surface area contributed by atoms with Crippen LogP contribution in [0.5, 0.6) is 0 Å². The zero-order valence-electron chi connectivity index (χ0n) is 12.5. The minimum atomic E-state index is -0.155. The Kier molecular flexibility index (Phi) is 3.83. The molecule has 0 saturated carbocycles. The first-order valence-electron chi connectivity index (χ1n) is 7.54. The number of para-hydroxylation sites is 2. The van der Waals surface area contributed by atoms with Gasteiger partial charge in [-0.25, -0.2) is 0 Å². The topological polar surface area (TPSA) is 69.7 Å². The van der Waals surface area contributed by atoms with Crippen LogP contribution in [0.1, 0.15) is 19.8 Å². The fourth-order valence-corrected chi connectivity index (χ4v) is 2.93. The number of hydrogen-bond donors (Lipinski definition) is 1. The van der Waals surface area contributed by atoms with Crippen molar-refractivity contribution in [2.24, 2.45) is 5.92 Å². The molecule has 1 aromatic rings. The Labute approximate surface area is 129 Å². The Morgan fingerprint density at radius 2 is 1.77 bits per heavy atom. The van der Waals surface area contributed by atoms with E-state index >= 15 is 0 Å². The van der Waals surface area contributed by atoms with Crippen molar-refractivity contribution in [3.63, 3.8) is 0 Å². The summed E-state index contributed by atoms with van der Waals surface area (Å²) in [6, 6.07) is 7.60. The average Bonchev–Trinajstić information content (AvgIpc) is 2.76. The van der Waals surface area contributed by atoms with E-state index in [0.717, 1.165) is 11.4 Å². The SMILES string of the molecule is CC1CN(CCN2C(=O)CCC2=O)c2ccccc2NC1=O. The van der Waals surface area contributed by atoms with Gasteiger partial charge >= 0.3 is 0 Å². The third-order valence-corrected chi connectivity index (χ3v) is 4.19. The smallest absolute Gasteiger partial charge is 0.229 e. The summed E-state index contributed by atoms with van der Waals surface area (Å²) in [6.07, 6.45) is 0.623. The van der Waals surface area contributed by atoms with Gasteiger partial charge in [-0.2, -0.15) is 0 Å². The van der Waals surface area contributed by atoms with Gasteiger partial charge in [0.15, 0.2) is 0 Å². The summed E-state index contributed by atoms with van der Waals surface area (Å²) in [5.41, 5.74) is 1.70. The third kappa shape index (κ3) is 2.68. The van der Waals surface area contributed by atoms with Gasteiger partial charge in [0, 0.05) is 32.5 Å². The quantitative estimate of drug-likeness (QED) is 0.853. The normalized spacial score (nSPS) is 21.7. The van der Waals surface area contributed by atoms with Crippen LogP contribution in [0, 0.1) is 5.92 Å². The van der Waals surface area contributed by atoms with Crippen LogP contribution in [0.2, 0.25) is 0 Å². The molecule has 0 spiro atoms. The molecule has 1 unspecified atom stereocenters. The molecule has 6 heteroatoms. The number of anilines is 2. The number of carbonyl (C=O) groups excluding carboxylic acids is 3. The van der Waals surface area contributed by atoms with Gasteiger partial charge in [-0.15, -0.1) is 0 Å². The minimum Gasteiger partial charge on any atom is -0.367 e. The molecule has 1 N–H and O–H groups in total. The molecule has 1 saturated heterocycles. The molecule has 1 atom stereocenters. The van der Waals surface area contributed by atoms with E-state index in [2.05, 4.69) is 10.2 Å². The van der Waals surface area contributed by atoms with Crippen molar-refractivity contribution in [3.8, 4) is 0 Å². The molecule has 0 aromatic heterocycles. The average molecular weight is 301 g/mol. The van der Waals surface area contributed by atoms with Crippen LogP contribution in [-0.2, 0) is 14.4 Å². The lowest BCUT2D eigenvalue weighted by Gasteiger charge is -2.27. The van der Waals surface area contributed by atoms with E-state index in [1.807, 2.05) is 31.2 Å². The van der Waals surface area contributed by atoms with Crippen LogP contribution in [0.15, 0.2) is 24.3 Å². The number of hydrogen-bond acceptors (Lipinski definition) is 4. The monoisotopic (exact) mass is 301 g/mol. The Morgan fingerprint density at radius 3 is 2.50 bits per heavy atom. The number of rotatable bonds is 3. The van der Waals surface area contributed by atoms with Gasteiger partial charge in [0.05, 0.1) is 17.3 Å². The summed E-state index contributed by atoms with van der Waals surface area (Å²) < 4.78 is 0. The Bertz CT molecular complexity index is 613. The van der Waals surface area contributed by atoms with E-state index in [0.29, 0.717) is 32.5 Å². The van der Waals surface area contributed by atoms with Gasteiger partial charge in [0.2, 0.25) is 17.7 Å². The number of amides is 3. The molecular weight excluding hydrogens is 282 g/mol. The zero-order valence-corrected chi connectivity index (χ0v) is 12.5. The summed E-state index contributed by atoms with van der Waals surface area (Å²) in [5.74, 6) is -0.369. The number of nitrogens with zero attached hydrogens (tertiary/aromatic N) is 2. The standard InChI is InChI=1S/C16H19N3O3/c1-11-10-18(8-9-19-14(20)6-7-15(19)21)13-5-3-2-4-12(13)17-16(11)22/h2-5,11H,6-10H2,1H3,(H,17,22). The zero-order chi connectivity index (χ0) is 15.7. The molecule has 1 fully saturated rings.